The number of amides is 1. The van der Waals surface area contributed by atoms with Crippen LogP contribution in [0.3, 0.4) is 0 Å². The number of nitrogens with one attached hydrogen (secondary N) is 1. The molecule has 1 aliphatic carbocycles. The fraction of sp³-hybridized carbons (Fsp3) is 0.409. The zero-order valence-electron chi connectivity index (χ0n) is 16.8. The van der Waals surface area contributed by atoms with Gasteiger partial charge in [0.25, 0.3) is 5.56 Å². The topological polar surface area (TPSA) is 73.2 Å². The number of carbonyl (C=O) groups excluding carboxylic acids is 1. The van der Waals surface area contributed by atoms with Crippen LogP contribution < -0.4 is 15.6 Å². The molecular formula is C22H23N3O3S2. The van der Waals surface area contributed by atoms with Gasteiger partial charge in [-0.2, -0.15) is 0 Å². The molecule has 3 aromatic rings. The molecule has 1 aromatic carbocycles. The number of hydrogen-bond donors (Lipinski definition) is 1. The normalized spacial score (nSPS) is 18.8. The van der Waals surface area contributed by atoms with Gasteiger partial charge in [-0.3, -0.25) is 14.2 Å². The lowest BCUT2D eigenvalue weighted by Crippen LogP contribution is -2.31. The summed E-state index contributed by atoms with van der Waals surface area (Å²) in [6.07, 6.45) is 5.78. The molecule has 0 unspecified atom stereocenters. The number of aromatic nitrogens is 2. The third-order valence-electron chi connectivity index (χ3n) is 5.75. The number of hydrogen-bond acceptors (Lipinski definition) is 6. The maximum Gasteiger partial charge on any atom is 0.267 e. The largest absolute Gasteiger partial charge is 0.497 e. The second-order valence-corrected chi connectivity index (χ2v) is 9.92. The summed E-state index contributed by atoms with van der Waals surface area (Å²) in [5.74, 6) is 0.705. The van der Waals surface area contributed by atoms with Crippen molar-refractivity contribution in [1.82, 2.24) is 14.9 Å². The smallest absolute Gasteiger partial charge is 0.267 e. The Morgan fingerprint density at radius 2 is 2.13 bits per heavy atom. The summed E-state index contributed by atoms with van der Waals surface area (Å²) in [6, 6.07) is 7.46. The SMILES string of the molecule is COc1cccc(-n2c(S[C@H]3CCCCNC3=O)nc3sc4c(c3c2=O)CCC4)c1. The van der Waals surface area contributed by atoms with Crippen molar-refractivity contribution in [3.63, 3.8) is 0 Å². The fourth-order valence-corrected chi connectivity index (χ4v) is 6.71. The number of methoxy groups -OCH3 is 1. The molecule has 8 heteroatoms. The molecule has 6 nitrogen and oxygen atoms in total. The van der Waals surface area contributed by atoms with Gasteiger partial charge in [-0.15, -0.1) is 11.3 Å². The van der Waals surface area contributed by atoms with E-state index < -0.39 is 0 Å². The first-order valence-electron chi connectivity index (χ1n) is 10.3. The van der Waals surface area contributed by atoms with Crippen LogP contribution in [-0.4, -0.2) is 34.4 Å². The maximum atomic E-state index is 13.7. The van der Waals surface area contributed by atoms with E-state index in [0.717, 1.165) is 54.3 Å². The maximum absolute atomic E-state index is 13.7. The molecule has 30 heavy (non-hydrogen) atoms. The minimum absolute atomic E-state index is 0.0257. The van der Waals surface area contributed by atoms with E-state index >= 15 is 0 Å². The first-order valence-corrected chi connectivity index (χ1v) is 12.0. The molecule has 0 radical (unpaired) electrons. The van der Waals surface area contributed by atoms with Crippen LogP contribution in [-0.2, 0) is 17.6 Å². The van der Waals surface area contributed by atoms with Crippen molar-refractivity contribution < 1.29 is 9.53 Å². The summed E-state index contributed by atoms with van der Waals surface area (Å²) in [6.45, 7) is 0.711. The summed E-state index contributed by atoms with van der Waals surface area (Å²) in [5, 5.41) is 4.05. The molecule has 2 aliphatic rings. The third kappa shape index (κ3) is 3.41. The van der Waals surface area contributed by atoms with Crippen molar-refractivity contribution in [3.8, 4) is 11.4 Å². The molecule has 1 aliphatic heterocycles. The Balaban J connectivity index is 1.69. The summed E-state index contributed by atoms with van der Waals surface area (Å²) in [4.78, 5) is 33.3. The molecule has 1 amide bonds. The third-order valence-corrected chi connectivity index (χ3v) is 8.16. The molecule has 1 saturated heterocycles. The lowest BCUT2D eigenvalue weighted by atomic mass is 10.2. The van der Waals surface area contributed by atoms with Gasteiger partial charge in [0.2, 0.25) is 5.91 Å². The Hall–Kier alpha value is -2.32. The highest BCUT2D eigenvalue weighted by molar-refractivity contribution is 8.00. The molecule has 5 rings (SSSR count). The van der Waals surface area contributed by atoms with Crippen LogP contribution in [0.25, 0.3) is 15.9 Å². The van der Waals surface area contributed by atoms with Crippen LogP contribution in [0.5, 0.6) is 5.75 Å². The predicted octanol–water partition coefficient (Wildman–Crippen LogP) is 3.71. The van der Waals surface area contributed by atoms with E-state index in [1.54, 1.807) is 23.0 Å². The number of thioether (sulfide) groups is 1. The lowest BCUT2D eigenvalue weighted by molar-refractivity contribution is -0.120. The molecule has 0 spiro atoms. The van der Waals surface area contributed by atoms with Crippen LogP contribution >= 0.6 is 23.1 Å². The molecule has 3 heterocycles. The van der Waals surface area contributed by atoms with Gasteiger partial charge in [0, 0.05) is 17.5 Å². The van der Waals surface area contributed by atoms with E-state index in [1.165, 1.54) is 16.6 Å². The molecule has 1 fully saturated rings. The molecule has 1 N–H and O–H groups in total. The van der Waals surface area contributed by atoms with Crippen molar-refractivity contribution >= 4 is 39.2 Å². The van der Waals surface area contributed by atoms with Gasteiger partial charge in [0.1, 0.15) is 10.6 Å². The highest BCUT2D eigenvalue weighted by atomic mass is 32.2. The summed E-state index contributed by atoms with van der Waals surface area (Å²) >= 11 is 3.03. The monoisotopic (exact) mass is 441 g/mol. The van der Waals surface area contributed by atoms with Crippen LogP contribution in [0, 0.1) is 0 Å². The Morgan fingerprint density at radius 1 is 1.23 bits per heavy atom. The Morgan fingerprint density at radius 3 is 3.00 bits per heavy atom. The lowest BCUT2D eigenvalue weighted by Gasteiger charge is -2.17. The zero-order valence-corrected chi connectivity index (χ0v) is 18.4. The number of nitrogens with zero attached hydrogens (tertiary/aromatic N) is 2. The number of aryl methyl sites for hydroxylation is 2. The summed E-state index contributed by atoms with van der Waals surface area (Å²) in [7, 11) is 1.61. The van der Waals surface area contributed by atoms with Gasteiger partial charge in [0.15, 0.2) is 5.16 Å². The first-order chi connectivity index (χ1) is 14.7. The molecule has 0 bridgehead atoms. The highest BCUT2D eigenvalue weighted by Crippen LogP contribution is 2.37. The van der Waals surface area contributed by atoms with Crippen molar-refractivity contribution in [2.45, 2.75) is 48.9 Å². The number of thiophene rings is 1. The highest BCUT2D eigenvalue weighted by Gasteiger charge is 2.28. The average molecular weight is 442 g/mol. The van der Waals surface area contributed by atoms with Gasteiger partial charge >= 0.3 is 0 Å². The average Bonchev–Trinajstić information content (AvgIpc) is 3.27. The second-order valence-electron chi connectivity index (χ2n) is 7.67. The van der Waals surface area contributed by atoms with Crippen molar-refractivity contribution in [3.05, 3.63) is 45.1 Å². The quantitative estimate of drug-likeness (QED) is 0.625. The Labute approximate surface area is 182 Å². The number of rotatable bonds is 4. The summed E-state index contributed by atoms with van der Waals surface area (Å²) < 4.78 is 7.05. The van der Waals surface area contributed by atoms with Crippen LogP contribution in [0.2, 0.25) is 0 Å². The number of fused-ring (bicyclic) bond motifs is 3. The zero-order chi connectivity index (χ0) is 20.7. The molecule has 2 aromatic heterocycles. The van der Waals surface area contributed by atoms with Gasteiger partial charge in [0.05, 0.1) is 23.4 Å². The van der Waals surface area contributed by atoms with Crippen molar-refractivity contribution in [1.29, 1.82) is 0 Å². The molecule has 0 saturated carbocycles. The van der Waals surface area contributed by atoms with E-state index in [0.29, 0.717) is 23.1 Å². The number of carbonyl (C=O) groups is 1. The number of ether oxygens (including phenoxy) is 1. The van der Waals surface area contributed by atoms with Crippen LogP contribution in [0.15, 0.2) is 34.2 Å². The van der Waals surface area contributed by atoms with Crippen molar-refractivity contribution in [2.75, 3.05) is 13.7 Å². The molecule has 156 valence electrons. The minimum Gasteiger partial charge on any atom is -0.497 e. The first kappa shape index (κ1) is 19.6. The Kier molecular flexibility index (Phi) is 5.28. The number of benzene rings is 1. The van der Waals surface area contributed by atoms with E-state index in [1.807, 2.05) is 24.3 Å². The fourth-order valence-electron chi connectivity index (χ4n) is 4.23. The van der Waals surface area contributed by atoms with E-state index in [4.69, 9.17) is 9.72 Å². The standard InChI is InChI=1S/C22H23N3O3S2/c1-28-14-7-4-6-13(12-14)25-21(27)18-15-8-5-10-16(15)29-20(18)24-22(25)30-17-9-2-3-11-23-19(17)26/h4,6-7,12,17H,2-3,5,8-11H2,1H3,(H,23,26)/t17-/m0/s1. The van der Waals surface area contributed by atoms with E-state index in [2.05, 4.69) is 5.32 Å². The summed E-state index contributed by atoms with van der Waals surface area (Å²) in [5.41, 5.74) is 1.82. The van der Waals surface area contributed by atoms with Gasteiger partial charge in [-0.05, 0) is 49.8 Å². The van der Waals surface area contributed by atoms with Gasteiger partial charge in [-0.1, -0.05) is 24.2 Å². The predicted molar refractivity (Wildman–Crippen MR) is 120 cm³/mol. The van der Waals surface area contributed by atoms with Crippen LogP contribution in [0.4, 0.5) is 0 Å². The van der Waals surface area contributed by atoms with Gasteiger partial charge < -0.3 is 10.1 Å². The van der Waals surface area contributed by atoms with E-state index in [9.17, 15) is 9.59 Å². The Bertz CT molecular complexity index is 1180. The van der Waals surface area contributed by atoms with E-state index in [-0.39, 0.29) is 16.7 Å². The van der Waals surface area contributed by atoms with Crippen LogP contribution in [0.1, 0.15) is 36.1 Å². The van der Waals surface area contributed by atoms with Crippen molar-refractivity contribution in [2.24, 2.45) is 0 Å². The minimum atomic E-state index is -0.250. The van der Waals surface area contributed by atoms with Gasteiger partial charge in [-0.25, -0.2) is 4.98 Å². The second kappa shape index (κ2) is 8.07. The molecule has 1 atom stereocenters. The molecular weight excluding hydrogens is 418 g/mol.